The van der Waals surface area contributed by atoms with Crippen molar-refractivity contribution < 1.29 is 9.53 Å². The van der Waals surface area contributed by atoms with Crippen molar-refractivity contribution in [2.45, 2.75) is 51.8 Å². The van der Waals surface area contributed by atoms with Crippen LogP contribution in [0.4, 0.5) is 5.69 Å². The van der Waals surface area contributed by atoms with Crippen LogP contribution in [-0.4, -0.2) is 41.4 Å². The summed E-state index contributed by atoms with van der Waals surface area (Å²) in [7, 11) is 0. The summed E-state index contributed by atoms with van der Waals surface area (Å²) in [4.78, 5) is 17.2. The fourth-order valence-electron chi connectivity index (χ4n) is 2.77. The minimum Gasteiger partial charge on any atom is -0.463 e. The van der Waals surface area contributed by atoms with Gasteiger partial charge in [-0.2, -0.15) is 12.6 Å². The summed E-state index contributed by atoms with van der Waals surface area (Å²) in [5.74, 6) is 0.793. The molecule has 2 aromatic rings. The number of benzene rings is 1. The quantitative estimate of drug-likeness (QED) is 0.421. The Balaban J connectivity index is 2.23. The molecule has 29 heavy (non-hydrogen) atoms. The molecule has 1 amide bonds. The smallest absolute Gasteiger partial charge is 0.261 e. The van der Waals surface area contributed by atoms with E-state index in [1.807, 2.05) is 42.5 Å². The molecule has 0 saturated carbocycles. The van der Waals surface area contributed by atoms with E-state index in [-0.39, 0.29) is 18.0 Å². The van der Waals surface area contributed by atoms with Crippen LogP contribution >= 0.6 is 12.6 Å². The van der Waals surface area contributed by atoms with E-state index in [0.29, 0.717) is 23.9 Å². The zero-order chi connectivity index (χ0) is 21.2. The Hall–Kier alpha value is -2.25. The van der Waals surface area contributed by atoms with Crippen LogP contribution in [0.5, 0.6) is 5.88 Å². The van der Waals surface area contributed by atoms with Crippen LogP contribution in [0.1, 0.15) is 33.6 Å². The van der Waals surface area contributed by atoms with Gasteiger partial charge < -0.3 is 21.1 Å². The van der Waals surface area contributed by atoms with Gasteiger partial charge in [0.1, 0.15) is 0 Å². The third-order valence-electron chi connectivity index (χ3n) is 4.71. The number of ether oxygens (including phenoxy) is 1. The van der Waals surface area contributed by atoms with Gasteiger partial charge in [0.2, 0.25) is 5.88 Å². The molecule has 1 aromatic heterocycles. The Bertz CT molecular complexity index is 769. The van der Waals surface area contributed by atoms with E-state index < -0.39 is 6.10 Å². The maximum atomic E-state index is 12.5. The summed E-state index contributed by atoms with van der Waals surface area (Å²) < 4.78 is 5.98. The summed E-state index contributed by atoms with van der Waals surface area (Å²) in [6.45, 7) is 6.37. The number of anilines is 1. The van der Waals surface area contributed by atoms with Gasteiger partial charge in [0, 0.05) is 29.9 Å². The van der Waals surface area contributed by atoms with E-state index in [2.05, 4.69) is 42.1 Å². The minimum absolute atomic E-state index is 0.101. The van der Waals surface area contributed by atoms with Crippen molar-refractivity contribution >= 4 is 24.2 Å². The van der Waals surface area contributed by atoms with Gasteiger partial charge >= 0.3 is 0 Å². The topological polar surface area (TPSA) is 89.3 Å². The molecule has 6 nitrogen and oxygen atoms in total. The second-order valence-electron chi connectivity index (χ2n) is 7.02. The highest BCUT2D eigenvalue weighted by Crippen LogP contribution is 2.28. The van der Waals surface area contributed by atoms with Gasteiger partial charge in [0.05, 0.1) is 11.4 Å². The molecule has 0 radical (unpaired) electrons. The molecule has 158 valence electrons. The summed E-state index contributed by atoms with van der Waals surface area (Å²) in [5, 5.41) is 6.28. The van der Waals surface area contributed by atoms with Gasteiger partial charge in [-0.05, 0) is 31.9 Å². The van der Waals surface area contributed by atoms with Crippen molar-refractivity contribution in [3.63, 3.8) is 0 Å². The highest BCUT2D eigenvalue weighted by molar-refractivity contribution is 7.80. The number of carbonyl (C=O) groups excluding carboxylic acids is 1. The lowest BCUT2D eigenvalue weighted by Gasteiger charge is -2.21. The fourth-order valence-corrected chi connectivity index (χ4v) is 2.90. The van der Waals surface area contributed by atoms with Gasteiger partial charge in [0.15, 0.2) is 6.10 Å². The highest BCUT2D eigenvalue weighted by Gasteiger charge is 2.20. The lowest BCUT2D eigenvalue weighted by atomic mass is 10.1. The first kappa shape index (κ1) is 23.0. The van der Waals surface area contributed by atoms with E-state index >= 15 is 0 Å². The second-order valence-corrected chi connectivity index (χ2v) is 7.39. The van der Waals surface area contributed by atoms with Crippen LogP contribution in [0, 0.1) is 0 Å². The number of hydrogen-bond donors (Lipinski definition) is 4. The van der Waals surface area contributed by atoms with E-state index in [9.17, 15) is 4.79 Å². The van der Waals surface area contributed by atoms with Crippen molar-refractivity contribution in [1.29, 1.82) is 0 Å². The average Bonchev–Trinajstić information content (AvgIpc) is 2.76. The summed E-state index contributed by atoms with van der Waals surface area (Å²) in [6.07, 6.45) is 1.09. The van der Waals surface area contributed by atoms with Crippen molar-refractivity contribution in [2.24, 2.45) is 5.73 Å². The molecule has 0 aliphatic heterocycles. The Morgan fingerprint density at radius 3 is 2.48 bits per heavy atom. The number of nitrogens with zero attached hydrogens (tertiary/aromatic N) is 1. The summed E-state index contributed by atoms with van der Waals surface area (Å²) in [6, 6.07) is 13.7. The van der Waals surface area contributed by atoms with Crippen LogP contribution in [0.15, 0.2) is 42.5 Å². The maximum Gasteiger partial charge on any atom is 0.261 e. The first-order valence-electron chi connectivity index (χ1n) is 10.1. The summed E-state index contributed by atoms with van der Waals surface area (Å²) in [5.41, 5.74) is 8.41. The largest absolute Gasteiger partial charge is 0.463 e. The predicted molar refractivity (Wildman–Crippen MR) is 123 cm³/mol. The number of rotatable bonds is 11. The standard InChI is InChI=1S/C22H32N4O2S/c1-4-18(5-2)25-21(27)15(3)28-22-20(24-13-17(23)14-29)12-11-19(26-22)16-9-7-6-8-10-16/h6-12,15,17-18,24,29H,4-5,13-14,23H2,1-3H3,(H,25,27)/t15-,17?/m1/s1. The third kappa shape index (κ3) is 6.94. The SMILES string of the molecule is CCC(CC)NC(=O)[C@@H](C)Oc1nc(-c2ccccc2)ccc1NCC(N)CS. The monoisotopic (exact) mass is 416 g/mol. The number of hydrogen-bond acceptors (Lipinski definition) is 6. The molecule has 0 fully saturated rings. The molecule has 1 unspecified atom stereocenters. The molecular formula is C22H32N4O2S. The van der Waals surface area contributed by atoms with Crippen LogP contribution in [0.25, 0.3) is 11.3 Å². The molecular weight excluding hydrogens is 384 g/mol. The number of nitrogens with one attached hydrogen (secondary N) is 2. The molecule has 1 heterocycles. The molecule has 0 bridgehead atoms. The van der Waals surface area contributed by atoms with Gasteiger partial charge in [-0.25, -0.2) is 4.98 Å². The first-order chi connectivity index (χ1) is 14.0. The molecule has 0 saturated heterocycles. The molecule has 0 spiro atoms. The van der Waals surface area contributed by atoms with Crippen LogP contribution < -0.4 is 21.1 Å². The van der Waals surface area contributed by atoms with Crippen molar-refractivity contribution in [3.05, 3.63) is 42.5 Å². The first-order valence-corrected chi connectivity index (χ1v) is 10.8. The van der Waals surface area contributed by atoms with Crippen molar-refractivity contribution in [2.75, 3.05) is 17.6 Å². The lowest BCUT2D eigenvalue weighted by molar-refractivity contribution is -0.128. The average molecular weight is 417 g/mol. The van der Waals surface area contributed by atoms with E-state index in [4.69, 9.17) is 10.5 Å². The minimum atomic E-state index is -0.673. The van der Waals surface area contributed by atoms with Crippen LogP contribution in [-0.2, 0) is 4.79 Å². The molecule has 0 aliphatic carbocycles. The van der Waals surface area contributed by atoms with E-state index in [0.717, 1.165) is 24.1 Å². The van der Waals surface area contributed by atoms with Gasteiger partial charge in [-0.3, -0.25) is 4.79 Å². The number of nitrogens with two attached hydrogens (primary N) is 1. The molecule has 1 aromatic carbocycles. The fraction of sp³-hybridized carbons (Fsp3) is 0.455. The zero-order valence-electron chi connectivity index (χ0n) is 17.4. The Morgan fingerprint density at radius 2 is 1.86 bits per heavy atom. The Morgan fingerprint density at radius 1 is 1.17 bits per heavy atom. The van der Waals surface area contributed by atoms with Gasteiger partial charge in [0.25, 0.3) is 5.91 Å². The maximum absolute atomic E-state index is 12.5. The molecule has 2 rings (SSSR count). The number of thiol groups is 1. The van der Waals surface area contributed by atoms with E-state index in [1.54, 1.807) is 6.92 Å². The highest BCUT2D eigenvalue weighted by atomic mass is 32.1. The number of amides is 1. The predicted octanol–water partition coefficient (Wildman–Crippen LogP) is 3.49. The van der Waals surface area contributed by atoms with Crippen molar-refractivity contribution in [1.82, 2.24) is 10.3 Å². The number of aromatic nitrogens is 1. The van der Waals surface area contributed by atoms with Crippen LogP contribution in [0.2, 0.25) is 0 Å². The zero-order valence-corrected chi connectivity index (χ0v) is 18.3. The second kappa shape index (κ2) is 11.7. The molecule has 2 atom stereocenters. The molecule has 0 aliphatic rings. The Kier molecular flexibility index (Phi) is 9.28. The normalized spacial score (nSPS) is 13.0. The number of carbonyl (C=O) groups is 1. The van der Waals surface area contributed by atoms with Crippen molar-refractivity contribution in [3.8, 4) is 17.1 Å². The lowest BCUT2D eigenvalue weighted by Crippen LogP contribution is -2.42. The van der Waals surface area contributed by atoms with Gasteiger partial charge in [-0.1, -0.05) is 44.2 Å². The molecule has 4 N–H and O–H groups in total. The van der Waals surface area contributed by atoms with E-state index in [1.165, 1.54) is 0 Å². The molecule has 7 heteroatoms. The summed E-state index contributed by atoms with van der Waals surface area (Å²) >= 11 is 4.22. The Labute approximate surface area is 179 Å². The third-order valence-corrected chi connectivity index (χ3v) is 5.18. The van der Waals surface area contributed by atoms with Gasteiger partial charge in [-0.15, -0.1) is 0 Å². The number of pyridine rings is 1. The van der Waals surface area contributed by atoms with Crippen LogP contribution in [0.3, 0.4) is 0 Å².